The molecule has 3 N–H and O–H groups in total. The van der Waals surface area contributed by atoms with Crippen LogP contribution >= 0.6 is 0 Å². The third-order valence-electron chi connectivity index (χ3n) is 1.57. The van der Waals surface area contributed by atoms with Crippen LogP contribution in [-0.2, 0) is 4.79 Å². The maximum atomic E-state index is 10.3. The van der Waals surface area contributed by atoms with Crippen molar-refractivity contribution in [2.75, 3.05) is 24.2 Å². The molecular formula is C8H12N4O2. The van der Waals surface area contributed by atoms with Crippen molar-refractivity contribution in [2.45, 2.75) is 6.42 Å². The van der Waals surface area contributed by atoms with Crippen molar-refractivity contribution < 1.29 is 9.90 Å². The summed E-state index contributed by atoms with van der Waals surface area (Å²) in [5, 5.41) is 14.2. The van der Waals surface area contributed by atoms with Gasteiger partial charge in [0.05, 0.1) is 6.42 Å². The highest BCUT2D eigenvalue weighted by Crippen LogP contribution is 2.12. The van der Waals surface area contributed by atoms with E-state index in [-0.39, 0.29) is 6.42 Å². The number of anilines is 2. The molecule has 14 heavy (non-hydrogen) atoms. The molecule has 0 atom stereocenters. The van der Waals surface area contributed by atoms with Crippen molar-refractivity contribution in [3.05, 3.63) is 12.4 Å². The first kappa shape index (κ1) is 10.2. The van der Waals surface area contributed by atoms with Gasteiger partial charge in [-0.2, -0.15) is 0 Å². The van der Waals surface area contributed by atoms with E-state index in [0.717, 1.165) is 0 Å². The number of hydrogen-bond donors (Lipinski definition) is 3. The van der Waals surface area contributed by atoms with Crippen LogP contribution in [0.4, 0.5) is 11.6 Å². The smallest absolute Gasteiger partial charge is 0.305 e. The molecule has 0 radical (unpaired) electrons. The van der Waals surface area contributed by atoms with E-state index in [4.69, 9.17) is 5.11 Å². The fraction of sp³-hybridized carbons (Fsp3) is 0.375. The Balaban J connectivity index is 2.53. The van der Waals surface area contributed by atoms with Crippen LogP contribution in [0.25, 0.3) is 0 Å². The lowest BCUT2D eigenvalue weighted by atomic mass is 10.4. The third-order valence-corrected chi connectivity index (χ3v) is 1.57. The van der Waals surface area contributed by atoms with Crippen molar-refractivity contribution in [1.82, 2.24) is 9.97 Å². The minimum atomic E-state index is -0.840. The molecule has 76 valence electrons. The lowest BCUT2D eigenvalue weighted by Gasteiger charge is -2.07. The molecule has 6 nitrogen and oxygen atoms in total. The van der Waals surface area contributed by atoms with Gasteiger partial charge in [0.25, 0.3) is 0 Å². The molecule has 1 heterocycles. The number of aromatic nitrogens is 2. The summed E-state index contributed by atoms with van der Waals surface area (Å²) in [5.74, 6) is 0.335. The van der Waals surface area contributed by atoms with Gasteiger partial charge in [0, 0.05) is 26.0 Å². The molecule has 0 unspecified atom stereocenters. The third kappa shape index (κ3) is 2.89. The fourth-order valence-electron chi connectivity index (χ4n) is 0.938. The van der Waals surface area contributed by atoms with E-state index in [1.165, 1.54) is 0 Å². The van der Waals surface area contributed by atoms with Gasteiger partial charge in [-0.3, -0.25) is 4.79 Å². The van der Waals surface area contributed by atoms with Gasteiger partial charge >= 0.3 is 5.97 Å². The van der Waals surface area contributed by atoms with Crippen molar-refractivity contribution >= 4 is 17.6 Å². The Labute approximate surface area is 81.4 Å². The molecule has 1 rings (SSSR count). The van der Waals surface area contributed by atoms with Gasteiger partial charge in [0.2, 0.25) is 0 Å². The molecule has 0 saturated heterocycles. The molecule has 0 fully saturated rings. The Bertz CT molecular complexity index is 316. The van der Waals surface area contributed by atoms with Crippen LogP contribution in [0.5, 0.6) is 0 Å². The maximum Gasteiger partial charge on any atom is 0.305 e. The SMILES string of the molecule is CNc1nccnc1NCCC(=O)O. The van der Waals surface area contributed by atoms with Gasteiger partial charge in [-0.25, -0.2) is 9.97 Å². The van der Waals surface area contributed by atoms with E-state index in [1.54, 1.807) is 19.4 Å². The van der Waals surface area contributed by atoms with Gasteiger partial charge < -0.3 is 15.7 Å². The molecule has 0 aromatic carbocycles. The fourth-order valence-corrected chi connectivity index (χ4v) is 0.938. The van der Waals surface area contributed by atoms with Gasteiger partial charge in [-0.15, -0.1) is 0 Å². The average Bonchev–Trinajstić information content (AvgIpc) is 2.18. The van der Waals surface area contributed by atoms with Crippen molar-refractivity contribution in [2.24, 2.45) is 0 Å². The van der Waals surface area contributed by atoms with Crippen LogP contribution in [0.1, 0.15) is 6.42 Å². The second kappa shape index (κ2) is 5.00. The predicted octanol–water partition coefficient (Wildman–Crippen LogP) is 0.405. The lowest BCUT2D eigenvalue weighted by Crippen LogP contribution is -2.10. The largest absolute Gasteiger partial charge is 0.481 e. The molecular weight excluding hydrogens is 184 g/mol. The zero-order valence-electron chi connectivity index (χ0n) is 7.82. The summed E-state index contributed by atoms with van der Waals surface area (Å²) in [7, 11) is 1.73. The summed E-state index contributed by atoms with van der Waals surface area (Å²) in [6.45, 7) is 0.336. The summed E-state index contributed by atoms with van der Waals surface area (Å²) >= 11 is 0. The molecule has 0 spiro atoms. The average molecular weight is 196 g/mol. The monoisotopic (exact) mass is 196 g/mol. The Hall–Kier alpha value is -1.85. The molecule has 1 aromatic heterocycles. The van der Waals surface area contributed by atoms with Gasteiger partial charge in [0.1, 0.15) is 0 Å². The van der Waals surface area contributed by atoms with E-state index < -0.39 is 5.97 Å². The Morgan fingerprint density at radius 3 is 2.64 bits per heavy atom. The summed E-state index contributed by atoms with van der Waals surface area (Å²) in [6.07, 6.45) is 3.16. The molecule has 1 aromatic rings. The van der Waals surface area contributed by atoms with E-state index >= 15 is 0 Å². The van der Waals surface area contributed by atoms with Crippen LogP contribution in [0.3, 0.4) is 0 Å². The number of carboxylic acid groups (broad SMARTS) is 1. The summed E-state index contributed by atoms with van der Waals surface area (Å²) < 4.78 is 0. The van der Waals surface area contributed by atoms with Crippen molar-refractivity contribution in [3.8, 4) is 0 Å². The minimum Gasteiger partial charge on any atom is -0.481 e. The van der Waals surface area contributed by atoms with Crippen LogP contribution in [0.2, 0.25) is 0 Å². The maximum absolute atomic E-state index is 10.3. The number of carboxylic acids is 1. The Morgan fingerprint density at radius 2 is 2.07 bits per heavy atom. The normalized spacial score (nSPS) is 9.50. The molecule has 0 amide bonds. The Morgan fingerprint density at radius 1 is 1.43 bits per heavy atom. The summed E-state index contributed by atoms with van der Waals surface area (Å²) in [4.78, 5) is 18.3. The standard InChI is InChI=1S/C8H12N4O2/c1-9-7-8(12-5-4-11-7)10-3-2-6(13)14/h4-5H,2-3H2,1H3,(H,9,11)(H,10,12)(H,13,14). The highest BCUT2D eigenvalue weighted by molar-refractivity contribution is 5.68. The number of hydrogen-bond acceptors (Lipinski definition) is 5. The van der Waals surface area contributed by atoms with Gasteiger partial charge in [-0.05, 0) is 0 Å². The second-order valence-corrected chi connectivity index (χ2v) is 2.57. The predicted molar refractivity (Wildman–Crippen MR) is 52.3 cm³/mol. The molecule has 0 aliphatic carbocycles. The first-order chi connectivity index (χ1) is 6.74. The number of nitrogens with one attached hydrogen (secondary N) is 2. The second-order valence-electron chi connectivity index (χ2n) is 2.57. The highest BCUT2D eigenvalue weighted by Gasteiger charge is 2.02. The topological polar surface area (TPSA) is 87.1 Å². The first-order valence-electron chi connectivity index (χ1n) is 4.18. The van der Waals surface area contributed by atoms with Gasteiger partial charge in [-0.1, -0.05) is 0 Å². The molecule has 0 aliphatic rings. The minimum absolute atomic E-state index is 0.0553. The van der Waals surface area contributed by atoms with Crippen molar-refractivity contribution in [1.29, 1.82) is 0 Å². The van der Waals surface area contributed by atoms with Crippen LogP contribution in [-0.4, -0.2) is 34.6 Å². The molecule has 0 bridgehead atoms. The number of nitrogens with zero attached hydrogens (tertiary/aromatic N) is 2. The number of rotatable bonds is 5. The highest BCUT2D eigenvalue weighted by atomic mass is 16.4. The van der Waals surface area contributed by atoms with Crippen LogP contribution in [0.15, 0.2) is 12.4 Å². The van der Waals surface area contributed by atoms with E-state index in [1.807, 2.05) is 0 Å². The Kier molecular flexibility index (Phi) is 3.66. The quantitative estimate of drug-likeness (QED) is 0.632. The van der Waals surface area contributed by atoms with Crippen LogP contribution < -0.4 is 10.6 Å². The number of carbonyl (C=O) groups is 1. The lowest BCUT2D eigenvalue weighted by molar-refractivity contribution is -0.136. The zero-order valence-corrected chi connectivity index (χ0v) is 7.82. The number of aliphatic carboxylic acids is 1. The van der Waals surface area contributed by atoms with E-state index in [9.17, 15) is 4.79 Å². The van der Waals surface area contributed by atoms with Crippen molar-refractivity contribution in [3.63, 3.8) is 0 Å². The van der Waals surface area contributed by atoms with E-state index in [0.29, 0.717) is 18.2 Å². The molecule has 6 heteroatoms. The first-order valence-corrected chi connectivity index (χ1v) is 4.18. The van der Waals surface area contributed by atoms with Crippen LogP contribution in [0, 0.1) is 0 Å². The summed E-state index contributed by atoms with van der Waals surface area (Å²) in [6, 6.07) is 0. The molecule has 0 saturated carbocycles. The van der Waals surface area contributed by atoms with Gasteiger partial charge in [0.15, 0.2) is 11.6 Å². The molecule has 0 aliphatic heterocycles. The summed E-state index contributed by atoms with van der Waals surface area (Å²) in [5.41, 5.74) is 0. The zero-order chi connectivity index (χ0) is 10.4. The van der Waals surface area contributed by atoms with E-state index in [2.05, 4.69) is 20.6 Å².